The molecule has 5 nitrogen and oxygen atoms in total. The van der Waals surface area contributed by atoms with Crippen LogP contribution in [-0.2, 0) is 0 Å². The Hall–Kier alpha value is -1.33. The number of hydrogen-bond acceptors (Lipinski definition) is 5. The van der Waals surface area contributed by atoms with Gasteiger partial charge in [0.05, 0.1) is 0 Å². The van der Waals surface area contributed by atoms with Crippen LogP contribution in [0.4, 0.5) is 11.5 Å². The highest BCUT2D eigenvalue weighted by molar-refractivity contribution is 5.52. The number of piperidine rings is 3. The van der Waals surface area contributed by atoms with Crippen molar-refractivity contribution in [3.8, 4) is 0 Å². The summed E-state index contributed by atoms with van der Waals surface area (Å²) >= 11 is 0. The van der Waals surface area contributed by atoms with Gasteiger partial charge in [0.15, 0.2) is 0 Å². The fraction of sp³-hybridized carbons (Fsp3) is 0.583. The molecule has 0 aliphatic carbocycles. The first kappa shape index (κ1) is 10.8. The lowest BCUT2D eigenvalue weighted by atomic mass is 9.84. The van der Waals surface area contributed by atoms with E-state index in [1.54, 1.807) is 6.20 Å². The van der Waals surface area contributed by atoms with E-state index in [2.05, 4.69) is 20.6 Å². The lowest BCUT2D eigenvalue weighted by Gasteiger charge is -2.45. The van der Waals surface area contributed by atoms with Crippen molar-refractivity contribution < 1.29 is 0 Å². The summed E-state index contributed by atoms with van der Waals surface area (Å²) in [6.07, 6.45) is 4.42. The average Bonchev–Trinajstić information content (AvgIpc) is 2.40. The zero-order valence-electron chi connectivity index (χ0n) is 9.89. The van der Waals surface area contributed by atoms with Crippen molar-refractivity contribution in [3.05, 3.63) is 18.3 Å². The van der Waals surface area contributed by atoms with Gasteiger partial charge < -0.3 is 15.6 Å². The Labute approximate surface area is 101 Å². The molecular weight excluding hydrogens is 214 g/mol. The van der Waals surface area contributed by atoms with Gasteiger partial charge in [0, 0.05) is 30.5 Å². The van der Waals surface area contributed by atoms with E-state index < -0.39 is 0 Å². The monoisotopic (exact) mass is 233 g/mol. The van der Waals surface area contributed by atoms with Crippen molar-refractivity contribution in [1.29, 1.82) is 0 Å². The van der Waals surface area contributed by atoms with Crippen molar-refractivity contribution in [2.75, 3.05) is 30.4 Å². The topological polar surface area (TPSA) is 66.2 Å². The fourth-order valence-electron chi connectivity index (χ4n) is 2.94. The maximum absolute atomic E-state index is 5.36. The van der Waals surface area contributed by atoms with Gasteiger partial charge in [-0.05, 0) is 37.9 Å². The molecule has 0 amide bonds. The van der Waals surface area contributed by atoms with E-state index in [1.807, 2.05) is 12.1 Å². The van der Waals surface area contributed by atoms with E-state index in [1.165, 1.54) is 32.5 Å². The minimum absolute atomic E-state index is 0.575. The van der Waals surface area contributed by atoms with Gasteiger partial charge in [-0.15, -0.1) is 0 Å². The molecule has 0 spiro atoms. The van der Waals surface area contributed by atoms with Crippen molar-refractivity contribution in [2.45, 2.75) is 18.9 Å². The van der Waals surface area contributed by atoms with Gasteiger partial charge in [0.2, 0.25) is 0 Å². The molecule has 0 radical (unpaired) electrons. The number of anilines is 2. The van der Waals surface area contributed by atoms with Crippen molar-refractivity contribution in [2.24, 2.45) is 11.8 Å². The molecule has 3 fully saturated rings. The molecule has 17 heavy (non-hydrogen) atoms. The molecule has 0 aromatic carbocycles. The number of nitrogens with one attached hydrogen (secondary N) is 2. The Morgan fingerprint density at radius 1 is 1.35 bits per heavy atom. The van der Waals surface area contributed by atoms with E-state index in [-0.39, 0.29) is 0 Å². The molecule has 2 bridgehead atoms. The second-order valence-corrected chi connectivity index (χ2v) is 4.96. The van der Waals surface area contributed by atoms with Crippen LogP contribution in [0.15, 0.2) is 18.3 Å². The number of aromatic nitrogens is 1. The van der Waals surface area contributed by atoms with Crippen LogP contribution in [0, 0.1) is 5.92 Å². The lowest BCUT2D eigenvalue weighted by Crippen LogP contribution is -2.53. The van der Waals surface area contributed by atoms with Crippen LogP contribution >= 0.6 is 0 Å². The Morgan fingerprint density at radius 3 is 2.82 bits per heavy atom. The minimum Gasteiger partial charge on any atom is -0.381 e. The Morgan fingerprint density at radius 2 is 2.18 bits per heavy atom. The summed E-state index contributed by atoms with van der Waals surface area (Å²) in [4.78, 5) is 6.66. The summed E-state index contributed by atoms with van der Waals surface area (Å²) in [7, 11) is 0. The molecule has 92 valence electrons. The van der Waals surface area contributed by atoms with E-state index in [0.717, 1.165) is 11.6 Å². The highest BCUT2D eigenvalue weighted by atomic mass is 15.2. The second kappa shape index (κ2) is 4.50. The third kappa shape index (κ3) is 2.21. The van der Waals surface area contributed by atoms with E-state index >= 15 is 0 Å². The molecule has 3 aliphatic rings. The van der Waals surface area contributed by atoms with Crippen molar-refractivity contribution >= 4 is 11.5 Å². The lowest BCUT2D eigenvalue weighted by molar-refractivity contribution is 0.0975. The Kier molecular flexibility index (Phi) is 2.86. The number of rotatable bonds is 3. The maximum Gasteiger partial charge on any atom is 0.141 e. The zero-order chi connectivity index (χ0) is 11.7. The minimum atomic E-state index is 0.575. The van der Waals surface area contributed by atoms with Crippen molar-refractivity contribution in [1.82, 2.24) is 9.88 Å². The van der Waals surface area contributed by atoms with Crippen LogP contribution in [0.1, 0.15) is 12.8 Å². The highest BCUT2D eigenvalue weighted by Gasteiger charge is 2.33. The normalized spacial score (nSPS) is 31.2. The van der Waals surface area contributed by atoms with Crippen LogP contribution in [0.5, 0.6) is 0 Å². The molecule has 3 aliphatic heterocycles. The number of nitrogens with zero attached hydrogens (tertiary/aromatic N) is 2. The summed E-state index contributed by atoms with van der Waals surface area (Å²) < 4.78 is 0. The summed E-state index contributed by atoms with van der Waals surface area (Å²) in [5.41, 5.74) is 3.68. The van der Waals surface area contributed by atoms with Gasteiger partial charge in [0.25, 0.3) is 0 Å². The SMILES string of the molecule is NNc1cc(NC2CN3CCC2CC3)ccn1. The highest BCUT2D eigenvalue weighted by Crippen LogP contribution is 2.29. The first-order chi connectivity index (χ1) is 8.35. The number of pyridine rings is 1. The molecule has 5 heteroatoms. The predicted molar refractivity (Wildman–Crippen MR) is 68.6 cm³/mol. The molecule has 4 rings (SSSR count). The van der Waals surface area contributed by atoms with E-state index in [0.29, 0.717) is 11.9 Å². The summed E-state index contributed by atoms with van der Waals surface area (Å²) in [6.45, 7) is 3.71. The van der Waals surface area contributed by atoms with Gasteiger partial charge in [-0.3, -0.25) is 0 Å². The van der Waals surface area contributed by atoms with Gasteiger partial charge in [0.1, 0.15) is 5.82 Å². The third-order valence-corrected chi connectivity index (χ3v) is 3.92. The van der Waals surface area contributed by atoms with Crippen molar-refractivity contribution in [3.63, 3.8) is 0 Å². The van der Waals surface area contributed by atoms with Crippen LogP contribution in [-0.4, -0.2) is 35.6 Å². The largest absolute Gasteiger partial charge is 0.381 e. The zero-order valence-corrected chi connectivity index (χ0v) is 9.89. The fourth-order valence-corrected chi connectivity index (χ4v) is 2.94. The Bertz CT molecular complexity index is 386. The standard InChI is InChI=1S/C12H19N5/c13-16-12-7-10(1-4-14-12)15-11-8-17-5-2-9(11)3-6-17/h1,4,7,9,11H,2-3,5-6,8,13H2,(H2,14,15,16). The van der Waals surface area contributed by atoms with Crippen LogP contribution in [0.25, 0.3) is 0 Å². The number of hydrogen-bond donors (Lipinski definition) is 3. The number of nitrogen functional groups attached to an aromatic ring is 1. The molecule has 1 aromatic heterocycles. The van der Waals surface area contributed by atoms with Crippen LogP contribution in [0.2, 0.25) is 0 Å². The molecule has 1 aromatic rings. The molecule has 0 saturated carbocycles. The maximum atomic E-state index is 5.36. The summed E-state index contributed by atoms with van der Waals surface area (Å²) in [6, 6.07) is 4.53. The van der Waals surface area contributed by atoms with Gasteiger partial charge in [-0.2, -0.15) is 0 Å². The van der Waals surface area contributed by atoms with E-state index in [9.17, 15) is 0 Å². The number of fused-ring (bicyclic) bond motifs is 3. The molecule has 1 unspecified atom stereocenters. The first-order valence-electron chi connectivity index (χ1n) is 6.27. The molecule has 4 heterocycles. The quantitative estimate of drug-likeness (QED) is 0.534. The smallest absolute Gasteiger partial charge is 0.141 e. The van der Waals surface area contributed by atoms with Gasteiger partial charge >= 0.3 is 0 Å². The van der Waals surface area contributed by atoms with E-state index in [4.69, 9.17) is 5.84 Å². The van der Waals surface area contributed by atoms with Crippen LogP contribution in [0.3, 0.4) is 0 Å². The first-order valence-corrected chi connectivity index (χ1v) is 6.27. The Balaban J connectivity index is 1.70. The molecule has 4 N–H and O–H groups in total. The number of nitrogens with two attached hydrogens (primary N) is 1. The number of hydrazine groups is 1. The molecular formula is C12H19N5. The molecule has 3 saturated heterocycles. The van der Waals surface area contributed by atoms with Crippen LogP contribution < -0.4 is 16.6 Å². The van der Waals surface area contributed by atoms with Gasteiger partial charge in [-0.1, -0.05) is 0 Å². The molecule has 1 atom stereocenters. The summed E-state index contributed by atoms with van der Waals surface area (Å²) in [5.74, 6) is 6.89. The predicted octanol–water partition coefficient (Wildman–Crippen LogP) is 0.873. The second-order valence-electron chi connectivity index (χ2n) is 4.96. The summed E-state index contributed by atoms with van der Waals surface area (Å²) in [5, 5.41) is 3.61. The average molecular weight is 233 g/mol. The third-order valence-electron chi connectivity index (χ3n) is 3.92. The van der Waals surface area contributed by atoms with Gasteiger partial charge in [-0.25, -0.2) is 10.8 Å².